The lowest BCUT2D eigenvalue weighted by Crippen LogP contribution is -2.33. The molecule has 200 valence electrons. The smallest absolute Gasteiger partial charge is 0.277 e. The summed E-state index contributed by atoms with van der Waals surface area (Å²) < 4.78 is 36.1. The lowest BCUT2D eigenvalue weighted by molar-refractivity contribution is 0.306. The molecule has 2 heterocycles. The molecular weight excluding hydrogens is 506 g/mol. The number of aromatic nitrogens is 4. The molecule has 0 saturated heterocycles. The zero-order chi connectivity index (χ0) is 26.9. The van der Waals surface area contributed by atoms with Gasteiger partial charge in [0, 0.05) is 5.92 Å². The summed E-state index contributed by atoms with van der Waals surface area (Å²) in [4.78, 5) is 20.7. The van der Waals surface area contributed by atoms with Crippen LogP contribution in [0.1, 0.15) is 50.0 Å². The number of aliphatic hydroxyl groups is 1. The fourth-order valence-corrected chi connectivity index (χ4v) is 6.58. The van der Waals surface area contributed by atoms with E-state index in [2.05, 4.69) is 9.97 Å². The number of hydrogen-bond acceptors (Lipinski definition) is 7. The maximum absolute atomic E-state index is 13.8. The topological polar surface area (TPSA) is 130 Å². The monoisotopic (exact) mass is 537 g/mol. The summed E-state index contributed by atoms with van der Waals surface area (Å²) in [6.45, 7) is 3.48. The van der Waals surface area contributed by atoms with Crippen LogP contribution in [0.4, 0.5) is 5.69 Å². The number of aromatic amines is 1. The first-order chi connectivity index (χ1) is 18.3. The lowest BCUT2D eigenvalue weighted by Gasteiger charge is -2.24. The van der Waals surface area contributed by atoms with Crippen LogP contribution in [0.2, 0.25) is 0 Å². The van der Waals surface area contributed by atoms with Gasteiger partial charge in [-0.3, -0.25) is 9.10 Å². The molecule has 0 amide bonds. The normalized spacial score (nSPS) is 14.3. The van der Waals surface area contributed by atoms with Crippen molar-refractivity contribution >= 4 is 21.2 Å². The van der Waals surface area contributed by atoms with Crippen molar-refractivity contribution in [3.8, 4) is 17.1 Å². The molecular formula is C27H31N5O5S. The number of aryl methyl sites for hydroxylation is 1. The number of aliphatic hydroxyl groups excluding tert-OH is 1. The first-order valence-electron chi connectivity index (χ1n) is 12.8. The second kappa shape index (κ2) is 10.6. The van der Waals surface area contributed by atoms with Crippen LogP contribution in [0.25, 0.3) is 16.9 Å². The molecule has 0 spiro atoms. The standard InChI is InChI=1S/C27H31N5O5S/c1-3-37-23-14-13-21(38(35,36)31(15-16-33)20-11-5-4-6-12-20)17-22(23)25-29-27(34)24-18(2)28-26(32(24)30-25)19-9-7-8-10-19/h4-6,11-14,17,19,33H,3,7-10,15-16H2,1-2H3,(H,29,30,34). The summed E-state index contributed by atoms with van der Waals surface area (Å²) in [5.74, 6) is 1.55. The van der Waals surface area contributed by atoms with Crippen molar-refractivity contribution in [1.82, 2.24) is 19.6 Å². The third kappa shape index (κ3) is 4.67. The Kier molecular flexibility index (Phi) is 7.22. The van der Waals surface area contributed by atoms with Crippen LogP contribution in [0.5, 0.6) is 5.75 Å². The van der Waals surface area contributed by atoms with Gasteiger partial charge in [-0.1, -0.05) is 31.0 Å². The highest BCUT2D eigenvalue weighted by Crippen LogP contribution is 2.35. The number of nitrogens with zero attached hydrogens (tertiary/aromatic N) is 4. The van der Waals surface area contributed by atoms with Gasteiger partial charge in [-0.2, -0.15) is 0 Å². The van der Waals surface area contributed by atoms with Crippen LogP contribution in [-0.2, 0) is 10.0 Å². The maximum atomic E-state index is 13.8. The van der Waals surface area contributed by atoms with E-state index in [9.17, 15) is 18.3 Å². The Morgan fingerprint density at radius 2 is 1.89 bits per heavy atom. The molecule has 0 atom stereocenters. The maximum Gasteiger partial charge on any atom is 0.277 e. The lowest BCUT2D eigenvalue weighted by atomic mass is 10.1. The first-order valence-corrected chi connectivity index (χ1v) is 14.2. The Balaban J connectivity index is 1.67. The fourth-order valence-electron chi connectivity index (χ4n) is 5.10. The van der Waals surface area contributed by atoms with E-state index >= 15 is 0 Å². The molecule has 0 radical (unpaired) electrons. The average molecular weight is 538 g/mol. The van der Waals surface area contributed by atoms with Crippen LogP contribution >= 0.6 is 0 Å². The van der Waals surface area contributed by atoms with E-state index in [0.717, 1.165) is 35.8 Å². The third-order valence-electron chi connectivity index (χ3n) is 6.86. The minimum absolute atomic E-state index is 0.0196. The van der Waals surface area contributed by atoms with Gasteiger partial charge in [0.15, 0.2) is 11.3 Å². The van der Waals surface area contributed by atoms with Gasteiger partial charge in [-0.05, 0) is 57.0 Å². The van der Waals surface area contributed by atoms with E-state index in [1.807, 2.05) is 6.92 Å². The Morgan fingerprint density at radius 3 is 2.58 bits per heavy atom. The van der Waals surface area contributed by atoms with Crippen molar-refractivity contribution in [2.75, 3.05) is 24.1 Å². The Morgan fingerprint density at radius 1 is 1.16 bits per heavy atom. The number of imidazole rings is 1. The average Bonchev–Trinajstić information content (AvgIpc) is 3.56. The number of nitrogens with one attached hydrogen (secondary N) is 1. The molecule has 1 saturated carbocycles. The largest absolute Gasteiger partial charge is 0.493 e. The number of fused-ring (bicyclic) bond motifs is 1. The quantitative estimate of drug-likeness (QED) is 0.333. The van der Waals surface area contributed by atoms with Crippen LogP contribution in [0.3, 0.4) is 0 Å². The van der Waals surface area contributed by atoms with Gasteiger partial charge in [0.25, 0.3) is 15.6 Å². The van der Waals surface area contributed by atoms with Crippen LogP contribution in [0, 0.1) is 6.92 Å². The van der Waals surface area contributed by atoms with Gasteiger partial charge in [-0.15, -0.1) is 5.10 Å². The highest BCUT2D eigenvalue weighted by molar-refractivity contribution is 7.92. The first kappa shape index (κ1) is 25.9. The van der Waals surface area contributed by atoms with Gasteiger partial charge in [-0.25, -0.2) is 17.9 Å². The van der Waals surface area contributed by atoms with Crippen molar-refractivity contribution in [1.29, 1.82) is 0 Å². The van der Waals surface area contributed by atoms with Gasteiger partial charge in [0.05, 0.1) is 41.6 Å². The van der Waals surface area contributed by atoms with Crippen LogP contribution in [0.15, 0.2) is 58.2 Å². The molecule has 2 aromatic heterocycles. The third-order valence-corrected chi connectivity index (χ3v) is 8.69. The van der Waals surface area contributed by atoms with Gasteiger partial charge in [0.1, 0.15) is 11.6 Å². The number of anilines is 1. The van der Waals surface area contributed by atoms with Crippen LogP contribution < -0.4 is 14.6 Å². The van der Waals surface area contributed by atoms with Crippen LogP contribution in [-0.4, -0.2) is 52.9 Å². The molecule has 10 nitrogen and oxygen atoms in total. The number of rotatable bonds is 9. The molecule has 1 aliphatic carbocycles. The van der Waals surface area contributed by atoms with Gasteiger partial charge < -0.3 is 14.8 Å². The number of para-hydroxylation sites is 1. The van der Waals surface area contributed by atoms with Crippen molar-refractivity contribution in [2.45, 2.75) is 50.3 Å². The summed E-state index contributed by atoms with van der Waals surface area (Å²) in [7, 11) is -4.07. The molecule has 2 aromatic carbocycles. The number of ether oxygens (including phenoxy) is 1. The SMILES string of the molecule is CCOc1ccc(S(=O)(=O)N(CCO)c2ccccc2)cc1-c1nn2c(C3CCCC3)nc(C)c2c(=O)[nH]1. The van der Waals surface area contributed by atoms with Gasteiger partial charge >= 0.3 is 0 Å². The zero-order valence-corrected chi connectivity index (χ0v) is 22.2. The molecule has 4 aromatic rings. The molecule has 38 heavy (non-hydrogen) atoms. The fraction of sp³-hybridized carbons (Fsp3) is 0.370. The van der Waals surface area contributed by atoms with Crippen molar-refractivity contribution in [3.05, 3.63) is 70.4 Å². The molecule has 1 fully saturated rings. The number of benzene rings is 2. The number of H-pyrrole nitrogens is 1. The van der Waals surface area contributed by atoms with E-state index < -0.39 is 10.0 Å². The van der Waals surface area contributed by atoms with E-state index in [-0.39, 0.29) is 35.3 Å². The summed E-state index contributed by atoms with van der Waals surface area (Å²) >= 11 is 0. The molecule has 1 aliphatic rings. The zero-order valence-electron chi connectivity index (χ0n) is 21.4. The molecule has 2 N–H and O–H groups in total. The van der Waals surface area contributed by atoms with E-state index in [1.54, 1.807) is 47.8 Å². The summed E-state index contributed by atoms with van der Waals surface area (Å²) in [6.07, 6.45) is 4.19. The second-order valence-corrected chi connectivity index (χ2v) is 11.2. The van der Waals surface area contributed by atoms with Crippen molar-refractivity contribution in [3.63, 3.8) is 0 Å². The summed E-state index contributed by atoms with van der Waals surface area (Å²) in [5, 5.41) is 14.4. The Bertz CT molecular complexity index is 1610. The molecule has 0 aliphatic heterocycles. The minimum Gasteiger partial charge on any atom is -0.493 e. The van der Waals surface area contributed by atoms with E-state index in [4.69, 9.17) is 9.84 Å². The Hall–Kier alpha value is -3.70. The minimum atomic E-state index is -4.07. The number of sulfonamides is 1. The molecule has 11 heteroatoms. The predicted molar refractivity (Wildman–Crippen MR) is 144 cm³/mol. The highest BCUT2D eigenvalue weighted by atomic mass is 32.2. The second-order valence-electron chi connectivity index (χ2n) is 9.33. The molecule has 0 bridgehead atoms. The van der Waals surface area contributed by atoms with Crippen molar-refractivity contribution < 1.29 is 18.3 Å². The van der Waals surface area contributed by atoms with E-state index in [0.29, 0.717) is 34.8 Å². The highest BCUT2D eigenvalue weighted by Gasteiger charge is 2.28. The molecule has 5 rings (SSSR count). The Labute approximate surface area is 221 Å². The predicted octanol–water partition coefficient (Wildman–Crippen LogP) is 3.64. The van der Waals surface area contributed by atoms with E-state index in [1.165, 1.54) is 12.1 Å². The van der Waals surface area contributed by atoms with Gasteiger partial charge in [0.2, 0.25) is 0 Å². The summed E-state index contributed by atoms with van der Waals surface area (Å²) in [6, 6.07) is 13.1. The number of hydrogen-bond donors (Lipinski definition) is 2. The molecule has 0 unspecified atom stereocenters. The van der Waals surface area contributed by atoms with Crippen molar-refractivity contribution in [2.24, 2.45) is 0 Å². The summed E-state index contributed by atoms with van der Waals surface area (Å²) in [5.41, 5.74) is 1.41.